The highest BCUT2D eigenvalue weighted by atomic mass is 35.5. The highest BCUT2D eigenvalue weighted by Crippen LogP contribution is 2.33. The number of rotatable bonds is 15. The predicted molar refractivity (Wildman–Crippen MR) is 130 cm³/mol. The second-order valence-corrected chi connectivity index (χ2v) is 9.41. The van der Waals surface area contributed by atoms with Crippen LogP contribution in [0.1, 0.15) is 50.7 Å². The minimum atomic E-state index is -0.0988. The molecule has 0 aliphatic rings. The number of thioether (sulfide) groups is 1. The molecule has 1 N–H and O–H groups in total. The molecule has 0 fully saturated rings. The Labute approximate surface area is 191 Å². The molecule has 5 heteroatoms. The van der Waals surface area contributed by atoms with Crippen molar-refractivity contribution in [3.8, 4) is 11.5 Å². The number of benzene rings is 2. The zero-order valence-electron chi connectivity index (χ0n) is 18.2. The van der Waals surface area contributed by atoms with Crippen molar-refractivity contribution in [2.45, 2.75) is 44.9 Å². The van der Waals surface area contributed by atoms with Gasteiger partial charge in [-0.3, -0.25) is 0 Å². The summed E-state index contributed by atoms with van der Waals surface area (Å²) in [5.74, 6) is 4.64. The predicted octanol–water partition coefficient (Wildman–Crippen LogP) is 6.29. The second kappa shape index (κ2) is 13.8. The van der Waals surface area contributed by atoms with Crippen molar-refractivity contribution in [2.75, 3.05) is 37.2 Å². The summed E-state index contributed by atoms with van der Waals surface area (Å²) < 4.78 is 11.6. The van der Waals surface area contributed by atoms with Crippen LogP contribution >= 0.6 is 23.4 Å². The van der Waals surface area contributed by atoms with Gasteiger partial charge in [-0.2, -0.15) is 11.8 Å². The Bertz CT molecular complexity index is 701. The average Bonchev–Trinajstić information content (AvgIpc) is 2.76. The Morgan fingerprint density at radius 1 is 0.767 bits per heavy atom. The normalized spacial score (nSPS) is 11.5. The number of halogens is 1. The molecule has 0 amide bonds. The van der Waals surface area contributed by atoms with E-state index in [2.05, 4.69) is 50.2 Å². The fraction of sp³-hybridized carbons (Fsp3) is 0.520. The summed E-state index contributed by atoms with van der Waals surface area (Å²) in [7, 11) is 0. The number of aliphatic hydroxyl groups excluding tert-OH is 1. The van der Waals surface area contributed by atoms with Crippen molar-refractivity contribution in [1.82, 2.24) is 0 Å². The van der Waals surface area contributed by atoms with E-state index in [0.717, 1.165) is 55.3 Å². The Morgan fingerprint density at radius 3 is 1.77 bits per heavy atom. The van der Waals surface area contributed by atoms with Gasteiger partial charge in [0.1, 0.15) is 11.5 Å². The maximum Gasteiger partial charge on any atom is 0.119 e. The van der Waals surface area contributed by atoms with Gasteiger partial charge in [-0.1, -0.05) is 38.1 Å². The van der Waals surface area contributed by atoms with E-state index in [9.17, 15) is 0 Å². The van der Waals surface area contributed by atoms with Gasteiger partial charge in [0.05, 0.1) is 13.2 Å². The highest BCUT2D eigenvalue weighted by Gasteiger charge is 2.23. The van der Waals surface area contributed by atoms with Gasteiger partial charge in [-0.05, 0) is 72.6 Å². The molecule has 2 aromatic carbocycles. The molecule has 0 spiro atoms. The minimum Gasteiger partial charge on any atom is -0.494 e. The maximum atomic E-state index is 8.78. The maximum absolute atomic E-state index is 8.78. The van der Waals surface area contributed by atoms with Gasteiger partial charge in [0, 0.05) is 17.9 Å². The third-order valence-corrected chi connectivity index (χ3v) is 6.52. The summed E-state index contributed by atoms with van der Waals surface area (Å²) in [5, 5.41) is 8.78. The van der Waals surface area contributed by atoms with Crippen molar-refractivity contribution in [3.63, 3.8) is 0 Å². The first-order valence-corrected chi connectivity index (χ1v) is 12.5. The van der Waals surface area contributed by atoms with Crippen LogP contribution in [-0.2, 0) is 5.41 Å². The van der Waals surface area contributed by atoms with Crippen LogP contribution in [0.3, 0.4) is 0 Å². The Morgan fingerprint density at radius 2 is 1.27 bits per heavy atom. The van der Waals surface area contributed by atoms with Gasteiger partial charge < -0.3 is 14.6 Å². The molecule has 0 saturated heterocycles. The van der Waals surface area contributed by atoms with Crippen molar-refractivity contribution in [2.24, 2.45) is 0 Å². The lowest BCUT2D eigenvalue weighted by Crippen LogP contribution is -2.18. The molecule has 2 aromatic rings. The number of ether oxygens (including phenoxy) is 2. The first kappa shape index (κ1) is 24.9. The number of unbranched alkanes of at least 4 members (excludes halogenated alkanes) is 1. The molecule has 166 valence electrons. The van der Waals surface area contributed by atoms with Crippen LogP contribution in [0.5, 0.6) is 11.5 Å². The molecule has 0 unspecified atom stereocenters. The molecule has 0 atom stereocenters. The van der Waals surface area contributed by atoms with Crippen LogP contribution < -0.4 is 9.47 Å². The fourth-order valence-electron chi connectivity index (χ4n) is 3.12. The first-order chi connectivity index (χ1) is 14.6. The monoisotopic (exact) mass is 450 g/mol. The summed E-state index contributed by atoms with van der Waals surface area (Å²) in [5.41, 5.74) is 2.41. The number of hydrogen-bond donors (Lipinski definition) is 1. The van der Waals surface area contributed by atoms with E-state index in [1.807, 2.05) is 23.9 Å². The fourth-order valence-corrected chi connectivity index (χ4v) is 4.16. The molecule has 0 saturated carbocycles. The average molecular weight is 451 g/mol. The molecule has 0 aromatic heterocycles. The number of hydrogen-bond acceptors (Lipinski definition) is 4. The van der Waals surface area contributed by atoms with Crippen molar-refractivity contribution >= 4 is 23.4 Å². The number of alkyl halides is 1. The van der Waals surface area contributed by atoms with Gasteiger partial charge in [0.2, 0.25) is 0 Å². The molecule has 0 heterocycles. The summed E-state index contributed by atoms with van der Waals surface area (Å²) in [6, 6.07) is 16.8. The lowest BCUT2D eigenvalue weighted by Gasteiger charge is -2.26. The van der Waals surface area contributed by atoms with Crippen molar-refractivity contribution < 1.29 is 14.6 Å². The van der Waals surface area contributed by atoms with Crippen LogP contribution in [-0.4, -0.2) is 42.3 Å². The lowest BCUT2D eigenvalue weighted by molar-refractivity contribution is 0.287. The zero-order valence-corrected chi connectivity index (χ0v) is 19.8. The summed E-state index contributed by atoms with van der Waals surface area (Å²) in [4.78, 5) is 0. The van der Waals surface area contributed by atoms with E-state index in [1.54, 1.807) is 0 Å². The van der Waals surface area contributed by atoms with Crippen LogP contribution in [0.25, 0.3) is 0 Å². The molecule has 2 rings (SSSR count). The standard InChI is InChI=1S/C25H35ClO3S/c1-25(2,21-7-11-23(12-8-21)28-17-5-15-26)22-9-13-24(14-10-22)29-18-6-20-30-19-4-3-16-27/h7-14,27H,3-6,15-20H2,1-2H3. The van der Waals surface area contributed by atoms with E-state index in [4.69, 9.17) is 26.2 Å². The molecular formula is C25H35ClO3S. The molecular weight excluding hydrogens is 416 g/mol. The molecule has 3 nitrogen and oxygen atoms in total. The van der Waals surface area contributed by atoms with E-state index in [0.29, 0.717) is 19.1 Å². The third-order valence-electron chi connectivity index (χ3n) is 5.10. The van der Waals surface area contributed by atoms with Gasteiger partial charge >= 0.3 is 0 Å². The van der Waals surface area contributed by atoms with Crippen molar-refractivity contribution in [3.05, 3.63) is 59.7 Å². The van der Waals surface area contributed by atoms with Crippen molar-refractivity contribution in [1.29, 1.82) is 0 Å². The first-order valence-electron chi connectivity index (χ1n) is 10.8. The second-order valence-electron chi connectivity index (χ2n) is 7.81. The summed E-state index contributed by atoms with van der Waals surface area (Å²) in [6.45, 7) is 6.16. The van der Waals surface area contributed by atoms with Crippen LogP contribution in [0.2, 0.25) is 0 Å². The zero-order chi connectivity index (χ0) is 21.7. The summed E-state index contributed by atoms with van der Waals surface area (Å²) in [6.07, 6.45) is 3.88. The molecule has 30 heavy (non-hydrogen) atoms. The van der Waals surface area contributed by atoms with Crippen LogP contribution in [0.15, 0.2) is 48.5 Å². The van der Waals surface area contributed by atoms with Crippen LogP contribution in [0, 0.1) is 0 Å². The van der Waals surface area contributed by atoms with E-state index < -0.39 is 0 Å². The van der Waals surface area contributed by atoms with Gasteiger partial charge in [0.25, 0.3) is 0 Å². The van der Waals surface area contributed by atoms with Gasteiger partial charge in [0.15, 0.2) is 0 Å². The quantitative estimate of drug-likeness (QED) is 0.255. The largest absolute Gasteiger partial charge is 0.494 e. The molecule has 0 aliphatic heterocycles. The lowest BCUT2D eigenvalue weighted by atomic mass is 9.78. The van der Waals surface area contributed by atoms with E-state index in [-0.39, 0.29) is 5.41 Å². The Balaban J connectivity index is 1.81. The molecule has 0 aliphatic carbocycles. The molecule has 0 radical (unpaired) electrons. The number of aliphatic hydroxyl groups is 1. The Kier molecular flexibility index (Phi) is 11.5. The highest BCUT2D eigenvalue weighted by molar-refractivity contribution is 7.99. The smallest absolute Gasteiger partial charge is 0.119 e. The minimum absolute atomic E-state index is 0.0988. The SMILES string of the molecule is CC(C)(c1ccc(OCCCCl)cc1)c1ccc(OCCCSCCCCO)cc1. The molecule has 0 bridgehead atoms. The van der Waals surface area contributed by atoms with E-state index >= 15 is 0 Å². The van der Waals surface area contributed by atoms with Gasteiger partial charge in [-0.25, -0.2) is 0 Å². The third kappa shape index (κ3) is 8.41. The summed E-state index contributed by atoms with van der Waals surface area (Å²) >= 11 is 7.63. The van der Waals surface area contributed by atoms with Crippen LogP contribution in [0.4, 0.5) is 0 Å². The topological polar surface area (TPSA) is 38.7 Å². The van der Waals surface area contributed by atoms with E-state index in [1.165, 1.54) is 11.1 Å². The van der Waals surface area contributed by atoms with Gasteiger partial charge in [-0.15, -0.1) is 11.6 Å². The Hall–Kier alpha value is -1.36.